The van der Waals surface area contributed by atoms with Crippen LogP contribution >= 0.6 is 0 Å². The number of hydrogen-bond acceptors (Lipinski definition) is 1. The van der Waals surface area contributed by atoms with E-state index in [1.807, 2.05) is 19.1 Å². The molecule has 1 saturated carbocycles. The summed E-state index contributed by atoms with van der Waals surface area (Å²) < 4.78 is 5.63. The van der Waals surface area contributed by atoms with Gasteiger partial charge in [-0.1, -0.05) is 60.7 Å². The lowest BCUT2D eigenvalue weighted by Crippen LogP contribution is -1.91. The predicted octanol–water partition coefficient (Wildman–Crippen LogP) is 4.45. The minimum absolute atomic E-state index is 0.280. The van der Waals surface area contributed by atoms with Gasteiger partial charge in [-0.25, -0.2) is 0 Å². The molecule has 20 heavy (non-hydrogen) atoms. The van der Waals surface area contributed by atoms with Gasteiger partial charge in [-0.15, -0.1) is 5.73 Å². The van der Waals surface area contributed by atoms with Crippen LogP contribution in [0, 0.1) is 0 Å². The highest BCUT2D eigenvalue weighted by Crippen LogP contribution is 2.34. The molecule has 2 aromatic rings. The molecule has 3 rings (SSSR count). The Balaban J connectivity index is 2.05. The quantitative estimate of drug-likeness (QED) is 0.739. The van der Waals surface area contributed by atoms with Crippen LogP contribution in [0.2, 0.25) is 0 Å². The van der Waals surface area contributed by atoms with Crippen molar-refractivity contribution in [3.63, 3.8) is 0 Å². The summed E-state index contributed by atoms with van der Waals surface area (Å²) in [5.74, 6) is 0. The van der Waals surface area contributed by atoms with E-state index in [2.05, 4.69) is 54.3 Å². The maximum atomic E-state index is 5.63. The van der Waals surface area contributed by atoms with E-state index in [0.717, 1.165) is 18.6 Å². The highest BCUT2D eigenvalue weighted by molar-refractivity contribution is 5.79. The molecule has 100 valence electrons. The third kappa shape index (κ3) is 2.91. The van der Waals surface area contributed by atoms with Crippen LogP contribution in [0.15, 0.2) is 72.0 Å². The van der Waals surface area contributed by atoms with Gasteiger partial charge in [0.2, 0.25) is 0 Å². The Morgan fingerprint density at radius 3 is 2.05 bits per heavy atom. The summed E-state index contributed by atoms with van der Waals surface area (Å²) in [6.45, 7) is 2.80. The van der Waals surface area contributed by atoms with E-state index < -0.39 is 0 Å². The van der Waals surface area contributed by atoms with Crippen molar-refractivity contribution in [2.75, 3.05) is 6.61 Å². The van der Waals surface area contributed by atoms with Gasteiger partial charge in [0.25, 0.3) is 0 Å². The lowest BCUT2D eigenvalue weighted by Gasteiger charge is -2.05. The summed E-state index contributed by atoms with van der Waals surface area (Å²) >= 11 is 0. The minimum Gasteiger partial charge on any atom is -0.373 e. The van der Waals surface area contributed by atoms with Gasteiger partial charge in [0.15, 0.2) is 0 Å². The second-order valence-corrected chi connectivity index (χ2v) is 4.91. The van der Waals surface area contributed by atoms with Crippen LogP contribution in [-0.4, -0.2) is 12.7 Å². The Bertz CT molecular complexity index is 592. The largest absolute Gasteiger partial charge is 0.373 e. The molecule has 0 N–H and O–H groups in total. The van der Waals surface area contributed by atoms with Crippen molar-refractivity contribution in [2.45, 2.75) is 19.4 Å². The van der Waals surface area contributed by atoms with E-state index in [9.17, 15) is 0 Å². The SMILES string of the molecule is CCOC1CC1=C=C(c1ccccc1)c1ccccc1. The average molecular weight is 262 g/mol. The van der Waals surface area contributed by atoms with Crippen LogP contribution < -0.4 is 0 Å². The molecule has 2 aromatic carbocycles. The minimum atomic E-state index is 0.280. The molecule has 0 bridgehead atoms. The maximum absolute atomic E-state index is 5.63. The third-order valence-corrected chi connectivity index (χ3v) is 3.41. The summed E-state index contributed by atoms with van der Waals surface area (Å²) in [5, 5.41) is 0. The zero-order valence-electron chi connectivity index (χ0n) is 11.7. The third-order valence-electron chi connectivity index (χ3n) is 3.41. The van der Waals surface area contributed by atoms with Crippen molar-refractivity contribution in [1.82, 2.24) is 0 Å². The highest BCUT2D eigenvalue weighted by atomic mass is 16.5. The smallest absolute Gasteiger partial charge is 0.0903 e. The van der Waals surface area contributed by atoms with E-state index in [4.69, 9.17) is 4.74 Å². The number of ether oxygens (including phenoxy) is 1. The van der Waals surface area contributed by atoms with Gasteiger partial charge >= 0.3 is 0 Å². The van der Waals surface area contributed by atoms with Crippen LogP contribution in [0.3, 0.4) is 0 Å². The molecule has 0 spiro atoms. The van der Waals surface area contributed by atoms with Crippen LogP contribution in [-0.2, 0) is 4.74 Å². The first-order valence-corrected chi connectivity index (χ1v) is 7.10. The molecule has 0 aromatic heterocycles. The Labute approximate surface area is 120 Å². The van der Waals surface area contributed by atoms with Gasteiger partial charge in [-0.2, -0.15) is 0 Å². The fourth-order valence-electron chi connectivity index (χ4n) is 2.31. The van der Waals surface area contributed by atoms with Crippen LogP contribution in [0.25, 0.3) is 5.57 Å². The standard InChI is InChI=1S/C19H18O/c1-2-20-19-14-17(19)13-18(15-9-5-3-6-10-15)16-11-7-4-8-12-16/h3-12,19H,2,14H2,1H3. The van der Waals surface area contributed by atoms with Crippen molar-refractivity contribution in [3.8, 4) is 0 Å². The van der Waals surface area contributed by atoms with Crippen molar-refractivity contribution >= 4 is 5.57 Å². The Morgan fingerprint density at radius 1 is 1.00 bits per heavy atom. The first-order chi connectivity index (χ1) is 9.88. The molecule has 0 heterocycles. The topological polar surface area (TPSA) is 9.23 Å². The maximum Gasteiger partial charge on any atom is 0.0903 e. The van der Waals surface area contributed by atoms with E-state index >= 15 is 0 Å². The molecule has 1 unspecified atom stereocenters. The van der Waals surface area contributed by atoms with Crippen molar-refractivity contribution < 1.29 is 4.74 Å². The summed E-state index contributed by atoms with van der Waals surface area (Å²) in [6, 6.07) is 20.9. The van der Waals surface area contributed by atoms with Crippen molar-refractivity contribution in [1.29, 1.82) is 0 Å². The zero-order chi connectivity index (χ0) is 13.8. The van der Waals surface area contributed by atoms with E-state index in [1.54, 1.807) is 0 Å². The number of rotatable bonds is 4. The molecule has 1 atom stereocenters. The molecule has 0 saturated heterocycles. The van der Waals surface area contributed by atoms with E-state index in [-0.39, 0.29) is 6.10 Å². The lowest BCUT2D eigenvalue weighted by molar-refractivity contribution is 0.141. The predicted molar refractivity (Wildman–Crippen MR) is 82.5 cm³/mol. The van der Waals surface area contributed by atoms with Gasteiger partial charge in [0, 0.05) is 24.2 Å². The van der Waals surface area contributed by atoms with Crippen molar-refractivity contribution in [2.24, 2.45) is 0 Å². The van der Waals surface area contributed by atoms with Crippen LogP contribution in [0.1, 0.15) is 24.5 Å². The zero-order valence-corrected chi connectivity index (χ0v) is 11.7. The Morgan fingerprint density at radius 2 is 1.55 bits per heavy atom. The molecule has 1 aliphatic rings. The van der Waals surface area contributed by atoms with Gasteiger partial charge in [-0.05, 0) is 18.1 Å². The van der Waals surface area contributed by atoms with E-state index in [1.165, 1.54) is 16.7 Å². The second-order valence-electron chi connectivity index (χ2n) is 4.91. The van der Waals surface area contributed by atoms with Crippen LogP contribution in [0.5, 0.6) is 0 Å². The fourth-order valence-corrected chi connectivity index (χ4v) is 2.31. The average Bonchev–Trinajstić information content (AvgIpc) is 3.25. The number of hydrogen-bond donors (Lipinski definition) is 0. The summed E-state index contributed by atoms with van der Waals surface area (Å²) in [4.78, 5) is 0. The summed E-state index contributed by atoms with van der Waals surface area (Å²) in [6.07, 6.45) is 1.29. The second kappa shape index (κ2) is 5.92. The summed E-state index contributed by atoms with van der Waals surface area (Å²) in [7, 11) is 0. The molecule has 1 heteroatoms. The first-order valence-electron chi connectivity index (χ1n) is 7.10. The van der Waals surface area contributed by atoms with Gasteiger partial charge in [-0.3, -0.25) is 0 Å². The Kier molecular flexibility index (Phi) is 3.83. The molecule has 0 amide bonds. The molecule has 1 aliphatic carbocycles. The van der Waals surface area contributed by atoms with Crippen LogP contribution in [0.4, 0.5) is 0 Å². The molecule has 0 radical (unpaired) electrons. The molecular formula is C19H18O. The molecule has 0 aliphatic heterocycles. The fraction of sp³-hybridized carbons (Fsp3) is 0.211. The highest BCUT2D eigenvalue weighted by Gasteiger charge is 2.30. The number of benzene rings is 2. The van der Waals surface area contributed by atoms with Gasteiger partial charge < -0.3 is 4.74 Å². The monoisotopic (exact) mass is 262 g/mol. The molecule has 1 fully saturated rings. The lowest BCUT2D eigenvalue weighted by atomic mass is 9.99. The van der Waals surface area contributed by atoms with Gasteiger partial charge in [0.1, 0.15) is 0 Å². The van der Waals surface area contributed by atoms with E-state index in [0.29, 0.717) is 0 Å². The molecular weight excluding hydrogens is 244 g/mol. The first kappa shape index (κ1) is 12.9. The summed E-state index contributed by atoms with van der Waals surface area (Å²) in [5.41, 5.74) is 8.40. The normalized spacial score (nSPS) is 16.6. The van der Waals surface area contributed by atoms with Crippen molar-refractivity contribution in [3.05, 3.63) is 83.1 Å². The van der Waals surface area contributed by atoms with Gasteiger partial charge in [0.05, 0.1) is 6.10 Å². The molecule has 1 nitrogen and oxygen atoms in total. The Hall–Kier alpha value is -2.08.